The summed E-state index contributed by atoms with van der Waals surface area (Å²) < 4.78 is 16.6. The van der Waals surface area contributed by atoms with Crippen LogP contribution in [0.1, 0.15) is 52.7 Å². The number of hydrogen-bond donors (Lipinski definition) is 0. The molecule has 206 valence electrons. The molecule has 0 bridgehead atoms. The van der Waals surface area contributed by atoms with Crippen molar-refractivity contribution in [2.24, 2.45) is 0 Å². The number of hydrogen-bond acceptors (Lipinski definition) is 6. The minimum absolute atomic E-state index is 0.269. The molecule has 0 unspecified atom stereocenters. The third kappa shape index (κ3) is 8.83. The van der Waals surface area contributed by atoms with Crippen molar-refractivity contribution in [1.29, 1.82) is 0 Å². The summed E-state index contributed by atoms with van der Waals surface area (Å²) in [7, 11) is 0. The van der Waals surface area contributed by atoms with Crippen LogP contribution in [0.2, 0.25) is 0 Å². The van der Waals surface area contributed by atoms with Gasteiger partial charge in [0.1, 0.15) is 17.2 Å². The minimum atomic E-state index is -0.480. The normalized spacial score (nSPS) is 10.7. The first-order valence-electron chi connectivity index (χ1n) is 13.1. The van der Waals surface area contributed by atoms with E-state index in [-0.39, 0.29) is 17.6 Å². The second-order valence-electron chi connectivity index (χ2n) is 8.26. The van der Waals surface area contributed by atoms with Gasteiger partial charge >= 0.3 is 18.3 Å². The molecule has 0 aliphatic heterocycles. The van der Waals surface area contributed by atoms with E-state index >= 15 is 0 Å². The van der Waals surface area contributed by atoms with Crippen LogP contribution in [0.3, 0.4) is 0 Å². The van der Waals surface area contributed by atoms with Gasteiger partial charge in [0.2, 0.25) is 0 Å². The third-order valence-corrected chi connectivity index (χ3v) is 5.93. The van der Waals surface area contributed by atoms with Gasteiger partial charge in [-0.25, -0.2) is 14.4 Å². The lowest BCUT2D eigenvalue weighted by Gasteiger charge is -2.20. The molecule has 0 aliphatic carbocycles. The summed E-state index contributed by atoms with van der Waals surface area (Å²) in [5.74, 6) is 0.991. The molecule has 38 heavy (non-hydrogen) atoms. The fourth-order valence-electron chi connectivity index (χ4n) is 3.59. The first-order valence-corrected chi connectivity index (χ1v) is 13.1. The van der Waals surface area contributed by atoms with Crippen molar-refractivity contribution in [1.82, 2.24) is 14.7 Å². The van der Waals surface area contributed by atoms with Crippen LogP contribution >= 0.6 is 0 Å². The highest BCUT2D eigenvalue weighted by Gasteiger charge is 2.16. The molecule has 0 radical (unpaired) electrons. The minimum Gasteiger partial charge on any atom is -0.410 e. The summed E-state index contributed by atoms with van der Waals surface area (Å²) >= 11 is 0. The van der Waals surface area contributed by atoms with Gasteiger partial charge < -0.3 is 28.9 Å². The Morgan fingerprint density at radius 2 is 0.868 bits per heavy atom. The summed E-state index contributed by atoms with van der Waals surface area (Å²) in [6, 6.07) is 12.0. The number of ether oxygens (including phenoxy) is 3. The summed E-state index contributed by atoms with van der Waals surface area (Å²) in [6.07, 6.45) is 2.33. The van der Waals surface area contributed by atoms with E-state index in [1.165, 1.54) is 6.07 Å². The molecule has 0 atom stereocenters. The van der Waals surface area contributed by atoms with E-state index in [9.17, 15) is 14.4 Å². The van der Waals surface area contributed by atoms with Crippen LogP contribution in [0.25, 0.3) is 12.2 Å². The Morgan fingerprint density at radius 1 is 0.526 bits per heavy atom. The molecule has 0 fully saturated rings. The molecule has 2 aromatic rings. The second kappa shape index (κ2) is 15.3. The van der Waals surface area contributed by atoms with Gasteiger partial charge in [-0.1, -0.05) is 24.3 Å². The van der Waals surface area contributed by atoms with Gasteiger partial charge in [-0.15, -0.1) is 0 Å². The van der Waals surface area contributed by atoms with Crippen LogP contribution in [0.5, 0.6) is 17.2 Å². The van der Waals surface area contributed by atoms with Gasteiger partial charge in [0.25, 0.3) is 0 Å². The van der Waals surface area contributed by atoms with Crippen LogP contribution in [-0.4, -0.2) is 72.2 Å². The standard InChI is InChI=1S/C29H39N3O6/c1-7-30(8-2)27(33)36-24-17-15-22(16-18-24)13-14-23-19-25(37-28(34)31(9-3)10-4)21-26(20-23)38-29(35)32(11-5)12-6/h13-21H,7-12H2,1-6H3/b14-13+. The van der Waals surface area contributed by atoms with Gasteiger partial charge in [-0.05, 0) is 76.9 Å². The molecule has 0 spiro atoms. The van der Waals surface area contributed by atoms with Gasteiger partial charge in [0.05, 0.1) is 0 Å². The van der Waals surface area contributed by atoms with Gasteiger partial charge in [0.15, 0.2) is 0 Å². The fourth-order valence-corrected chi connectivity index (χ4v) is 3.59. The molecule has 0 N–H and O–H groups in total. The number of benzene rings is 2. The lowest BCUT2D eigenvalue weighted by Crippen LogP contribution is -2.33. The Hall–Kier alpha value is -4.01. The molecule has 0 saturated heterocycles. The largest absolute Gasteiger partial charge is 0.415 e. The van der Waals surface area contributed by atoms with Crippen molar-refractivity contribution in [2.45, 2.75) is 41.5 Å². The third-order valence-electron chi connectivity index (χ3n) is 5.93. The maximum Gasteiger partial charge on any atom is 0.415 e. The van der Waals surface area contributed by atoms with Gasteiger partial charge in [0, 0.05) is 45.3 Å². The molecule has 9 heteroatoms. The summed E-state index contributed by atoms with van der Waals surface area (Å²) in [5, 5.41) is 0. The smallest absolute Gasteiger partial charge is 0.410 e. The molecular weight excluding hydrogens is 486 g/mol. The average molecular weight is 526 g/mol. The SMILES string of the molecule is CCN(CC)C(=O)Oc1ccc(/C=C/c2cc(OC(=O)N(CC)CC)cc(OC(=O)N(CC)CC)c2)cc1. The van der Waals surface area contributed by atoms with Crippen LogP contribution in [0, 0.1) is 0 Å². The number of rotatable bonds is 11. The first kappa shape index (κ1) is 30.2. The number of carbonyl (C=O) groups is 3. The van der Waals surface area contributed by atoms with E-state index in [0.29, 0.717) is 50.6 Å². The van der Waals surface area contributed by atoms with Crippen LogP contribution in [-0.2, 0) is 0 Å². The Labute approximate surface area is 225 Å². The highest BCUT2D eigenvalue weighted by Crippen LogP contribution is 2.26. The van der Waals surface area contributed by atoms with Crippen molar-refractivity contribution in [2.75, 3.05) is 39.3 Å². The topological polar surface area (TPSA) is 88.6 Å². The zero-order valence-electron chi connectivity index (χ0n) is 23.2. The fraction of sp³-hybridized carbons (Fsp3) is 0.414. The average Bonchev–Trinajstić information content (AvgIpc) is 2.90. The molecule has 0 saturated carbocycles. The summed E-state index contributed by atoms with van der Waals surface area (Å²) in [6.45, 7) is 14.5. The maximum atomic E-state index is 12.5. The predicted octanol–water partition coefficient (Wildman–Crippen LogP) is 6.38. The van der Waals surface area contributed by atoms with Crippen molar-refractivity contribution in [3.05, 3.63) is 53.6 Å². The lowest BCUT2D eigenvalue weighted by atomic mass is 10.1. The molecule has 9 nitrogen and oxygen atoms in total. The highest BCUT2D eigenvalue weighted by molar-refractivity contribution is 5.76. The Bertz CT molecular complexity index is 1040. The van der Waals surface area contributed by atoms with Crippen LogP contribution < -0.4 is 14.2 Å². The van der Waals surface area contributed by atoms with E-state index in [0.717, 1.165) is 5.56 Å². The van der Waals surface area contributed by atoms with Crippen molar-refractivity contribution in [3.8, 4) is 17.2 Å². The highest BCUT2D eigenvalue weighted by atomic mass is 16.6. The molecule has 0 aliphatic rings. The van der Waals surface area contributed by atoms with Gasteiger partial charge in [-0.2, -0.15) is 0 Å². The molecule has 2 aromatic carbocycles. The Balaban J connectivity index is 2.26. The summed E-state index contributed by atoms with van der Waals surface area (Å²) in [4.78, 5) is 41.9. The molecular formula is C29H39N3O6. The Kier molecular flexibility index (Phi) is 12.2. The molecule has 0 aromatic heterocycles. The van der Waals surface area contributed by atoms with Crippen molar-refractivity contribution in [3.63, 3.8) is 0 Å². The van der Waals surface area contributed by atoms with Crippen molar-refractivity contribution < 1.29 is 28.6 Å². The van der Waals surface area contributed by atoms with E-state index in [4.69, 9.17) is 14.2 Å². The van der Waals surface area contributed by atoms with E-state index in [1.807, 2.05) is 65.8 Å². The van der Waals surface area contributed by atoms with Gasteiger partial charge in [-0.3, -0.25) is 0 Å². The van der Waals surface area contributed by atoms with Crippen molar-refractivity contribution >= 4 is 30.4 Å². The monoisotopic (exact) mass is 525 g/mol. The van der Waals surface area contributed by atoms with E-state index in [1.54, 1.807) is 39.0 Å². The van der Waals surface area contributed by atoms with E-state index < -0.39 is 12.2 Å². The zero-order chi connectivity index (χ0) is 28.1. The number of nitrogens with zero attached hydrogens (tertiary/aromatic N) is 3. The maximum absolute atomic E-state index is 12.5. The molecule has 0 heterocycles. The second-order valence-corrected chi connectivity index (χ2v) is 8.26. The lowest BCUT2D eigenvalue weighted by molar-refractivity contribution is 0.154. The van der Waals surface area contributed by atoms with E-state index in [2.05, 4.69) is 0 Å². The van der Waals surface area contributed by atoms with Crippen LogP contribution in [0.4, 0.5) is 14.4 Å². The first-order chi connectivity index (χ1) is 18.3. The number of amides is 3. The molecule has 2 rings (SSSR count). The zero-order valence-corrected chi connectivity index (χ0v) is 23.2. The number of carbonyl (C=O) groups excluding carboxylic acids is 3. The van der Waals surface area contributed by atoms with Crippen LogP contribution in [0.15, 0.2) is 42.5 Å². The predicted molar refractivity (Wildman–Crippen MR) is 149 cm³/mol. The molecule has 3 amide bonds. The summed E-state index contributed by atoms with van der Waals surface area (Å²) in [5.41, 5.74) is 1.54. The Morgan fingerprint density at radius 3 is 1.24 bits per heavy atom. The quantitative estimate of drug-likeness (QED) is 0.316.